The van der Waals surface area contributed by atoms with Crippen LogP contribution in [0.2, 0.25) is 0 Å². The lowest BCUT2D eigenvalue weighted by Crippen LogP contribution is -2.40. The van der Waals surface area contributed by atoms with Crippen molar-refractivity contribution >= 4 is 14.9 Å². The summed E-state index contributed by atoms with van der Waals surface area (Å²) >= 11 is 0. The highest BCUT2D eigenvalue weighted by Crippen LogP contribution is 2.60. The Hall–Kier alpha value is -0.170. The normalized spacial score (nSPS) is 21.8. The van der Waals surface area contributed by atoms with Crippen LogP contribution in [0, 0.1) is 17.2 Å². The molecule has 0 aromatic carbocycles. The Balaban J connectivity index is 2.79. The molecule has 1 aliphatic carbocycles. The fraction of sp³-hybridized carbons (Fsp3) is 0.947. The summed E-state index contributed by atoms with van der Waals surface area (Å²) in [6.07, 6.45) is 5.69. The molecule has 8 heteroatoms. The number of hydrogen-bond donors (Lipinski definition) is 0. The topological polar surface area (TPSA) is 79.6 Å². The summed E-state index contributed by atoms with van der Waals surface area (Å²) in [6.45, 7) is 8.75. The second-order valence-corrected chi connectivity index (χ2v) is 14.4. The van der Waals surface area contributed by atoms with Gasteiger partial charge in [-0.1, -0.05) is 27.7 Å². The molecule has 0 bridgehead atoms. The van der Waals surface area contributed by atoms with Crippen molar-refractivity contribution in [2.24, 2.45) is 5.92 Å². The molecule has 0 atom stereocenters. The smallest absolute Gasteiger partial charge is 0.312 e. The lowest BCUT2D eigenvalue weighted by molar-refractivity contribution is 0.206. The van der Waals surface area contributed by atoms with Crippen LogP contribution in [0.4, 0.5) is 0 Å². The fourth-order valence-electron chi connectivity index (χ4n) is 4.28. The Morgan fingerprint density at radius 2 is 1.56 bits per heavy atom. The molecule has 0 saturated heterocycles. The van der Waals surface area contributed by atoms with Crippen LogP contribution in [0.1, 0.15) is 66.2 Å². The Morgan fingerprint density at radius 1 is 1.04 bits per heavy atom. The monoisotopic (exact) mass is 420 g/mol. The lowest BCUT2D eigenvalue weighted by Gasteiger charge is -2.44. The Kier molecular flexibility index (Phi) is 10.2. The van der Waals surface area contributed by atoms with Gasteiger partial charge in [-0.05, 0) is 38.0 Å². The average molecular weight is 420 g/mol. The van der Waals surface area contributed by atoms with Gasteiger partial charge in [0.15, 0.2) is 7.29 Å². The van der Waals surface area contributed by atoms with Crippen molar-refractivity contribution in [1.29, 1.82) is 5.26 Å². The minimum atomic E-state index is -2.94. The quantitative estimate of drug-likeness (QED) is 0.397. The molecule has 0 heterocycles. The standard InChI is InChI=1S/C19H38N2O4P2/c1-16(2)27(23,17(3)4)21(14-7-13-20)19-10-8-18(9-11-19)12-15-26(22,24-5)25-6/h16-19H,7-12,14-15H2,1-6H3. The van der Waals surface area contributed by atoms with Crippen molar-refractivity contribution in [1.82, 2.24) is 4.67 Å². The Bertz CT molecular complexity index is 561. The molecule has 27 heavy (non-hydrogen) atoms. The van der Waals surface area contributed by atoms with Gasteiger partial charge in [-0.15, -0.1) is 0 Å². The van der Waals surface area contributed by atoms with Gasteiger partial charge in [0.2, 0.25) is 0 Å². The van der Waals surface area contributed by atoms with Gasteiger partial charge in [0.25, 0.3) is 0 Å². The lowest BCUT2D eigenvalue weighted by atomic mass is 9.84. The van der Waals surface area contributed by atoms with E-state index in [4.69, 9.17) is 14.3 Å². The summed E-state index contributed by atoms with van der Waals surface area (Å²) in [7, 11) is -2.62. The van der Waals surface area contributed by atoms with Gasteiger partial charge in [-0.3, -0.25) is 4.57 Å². The van der Waals surface area contributed by atoms with Crippen molar-refractivity contribution in [3.05, 3.63) is 0 Å². The van der Waals surface area contributed by atoms with Crippen LogP contribution < -0.4 is 0 Å². The van der Waals surface area contributed by atoms with E-state index in [0.717, 1.165) is 32.1 Å². The molecule has 0 amide bonds. The predicted molar refractivity (Wildman–Crippen MR) is 112 cm³/mol. The summed E-state index contributed by atoms with van der Waals surface area (Å²) in [4.78, 5) is 0. The van der Waals surface area contributed by atoms with Crippen molar-refractivity contribution in [3.8, 4) is 6.07 Å². The molecule has 1 fully saturated rings. The maximum Gasteiger partial charge on any atom is 0.330 e. The van der Waals surface area contributed by atoms with Crippen molar-refractivity contribution in [2.75, 3.05) is 26.9 Å². The largest absolute Gasteiger partial charge is 0.330 e. The first-order chi connectivity index (χ1) is 12.6. The van der Waals surface area contributed by atoms with E-state index in [9.17, 15) is 9.13 Å². The molecule has 0 aromatic rings. The zero-order valence-electron chi connectivity index (χ0n) is 17.9. The van der Waals surface area contributed by atoms with E-state index in [2.05, 4.69) is 10.7 Å². The van der Waals surface area contributed by atoms with Gasteiger partial charge in [0, 0.05) is 44.5 Å². The van der Waals surface area contributed by atoms with Gasteiger partial charge in [-0.25, -0.2) is 4.67 Å². The second kappa shape index (κ2) is 11.1. The number of nitrogens with zero attached hydrogens (tertiary/aromatic N) is 2. The third kappa shape index (κ3) is 6.41. The van der Waals surface area contributed by atoms with Crippen LogP contribution in [-0.2, 0) is 18.2 Å². The van der Waals surface area contributed by atoms with E-state index in [1.165, 1.54) is 14.2 Å². The summed E-state index contributed by atoms with van der Waals surface area (Å²) in [5.74, 6) is 0.496. The Morgan fingerprint density at radius 3 is 1.96 bits per heavy atom. The molecule has 0 radical (unpaired) electrons. The third-order valence-electron chi connectivity index (χ3n) is 5.94. The van der Waals surface area contributed by atoms with Crippen LogP contribution in [0.5, 0.6) is 0 Å². The maximum atomic E-state index is 13.9. The zero-order chi connectivity index (χ0) is 20.7. The summed E-state index contributed by atoms with van der Waals surface area (Å²) in [5, 5.41) is 9.07. The van der Waals surface area contributed by atoms with Crippen molar-refractivity contribution in [2.45, 2.75) is 83.6 Å². The number of hydrogen-bond acceptors (Lipinski definition) is 5. The highest BCUT2D eigenvalue weighted by Gasteiger charge is 2.41. The minimum absolute atomic E-state index is 0.0863. The molecular weight excluding hydrogens is 382 g/mol. The molecule has 0 spiro atoms. The molecule has 0 N–H and O–H groups in total. The number of nitriles is 1. The first kappa shape index (κ1) is 24.9. The van der Waals surface area contributed by atoms with Gasteiger partial charge in [-0.2, -0.15) is 5.26 Å². The minimum Gasteiger partial charge on any atom is -0.312 e. The molecule has 6 nitrogen and oxygen atoms in total. The molecule has 0 unspecified atom stereocenters. The van der Waals surface area contributed by atoms with E-state index >= 15 is 0 Å². The first-order valence-electron chi connectivity index (χ1n) is 10.1. The average Bonchev–Trinajstić information content (AvgIpc) is 2.66. The molecule has 1 rings (SSSR count). The fourth-order valence-corrected chi connectivity index (χ4v) is 9.01. The van der Waals surface area contributed by atoms with Crippen LogP contribution in [0.15, 0.2) is 0 Å². The maximum absolute atomic E-state index is 13.9. The van der Waals surface area contributed by atoms with Crippen LogP contribution >= 0.6 is 14.9 Å². The summed E-state index contributed by atoms with van der Waals surface area (Å²) in [5.41, 5.74) is 0.173. The predicted octanol–water partition coefficient (Wildman–Crippen LogP) is 5.73. The SMILES string of the molecule is COP(=O)(CCC1CCC(N(CCC#N)P(=O)(C(C)C)C(C)C)CC1)OC. The van der Waals surface area contributed by atoms with Crippen molar-refractivity contribution in [3.63, 3.8) is 0 Å². The molecule has 0 aromatic heterocycles. The van der Waals surface area contributed by atoms with Gasteiger partial charge in [0.05, 0.1) is 12.2 Å². The van der Waals surface area contributed by atoms with E-state index in [0.29, 0.717) is 25.0 Å². The van der Waals surface area contributed by atoms with Gasteiger partial charge in [0.1, 0.15) is 0 Å². The molecule has 0 aliphatic heterocycles. The van der Waals surface area contributed by atoms with E-state index in [-0.39, 0.29) is 17.4 Å². The zero-order valence-corrected chi connectivity index (χ0v) is 19.7. The van der Waals surface area contributed by atoms with E-state index in [1.54, 1.807) is 0 Å². The number of rotatable bonds is 11. The van der Waals surface area contributed by atoms with E-state index in [1.807, 2.05) is 27.7 Å². The van der Waals surface area contributed by atoms with E-state index < -0.39 is 14.9 Å². The van der Waals surface area contributed by atoms with Crippen molar-refractivity contribution < 1.29 is 18.2 Å². The molecule has 158 valence electrons. The second-order valence-electron chi connectivity index (χ2n) is 8.09. The summed E-state index contributed by atoms with van der Waals surface area (Å²) in [6, 6.07) is 2.49. The molecule has 1 saturated carbocycles. The van der Waals surface area contributed by atoms with Crippen LogP contribution in [0.25, 0.3) is 0 Å². The Labute approximate surface area is 165 Å². The van der Waals surface area contributed by atoms with Gasteiger partial charge < -0.3 is 13.6 Å². The van der Waals surface area contributed by atoms with Gasteiger partial charge >= 0.3 is 7.60 Å². The molecule has 1 aliphatic rings. The van der Waals surface area contributed by atoms with Crippen LogP contribution in [-0.4, -0.2) is 49.0 Å². The first-order valence-corrected chi connectivity index (χ1v) is 13.6. The highest BCUT2D eigenvalue weighted by molar-refractivity contribution is 7.62. The third-order valence-corrected chi connectivity index (χ3v) is 12.1. The highest BCUT2D eigenvalue weighted by atomic mass is 31.2. The summed E-state index contributed by atoms with van der Waals surface area (Å²) < 4.78 is 38.4. The van der Waals surface area contributed by atoms with Crippen LogP contribution in [0.3, 0.4) is 0 Å². The molecular formula is C19H38N2O4P2.